The molecular formula is C26H58N2O2. The zero-order chi connectivity index (χ0) is 23.5. The maximum Gasteiger partial charge on any atom is 0.303 e. The van der Waals surface area contributed by atoms with Gasteiger partial charge in [0.2, 0.25) is 0 Å². The van der Waals surface area contributed by atoms with Gasteiger partial charge in [0.25, 0.3) is 0 Å². The highest BCUT2D eigenvalue weighted by Crippen LogP contribution is 2.10. The van der Waals surface area contributed by atoms with Gasteiger partial charge in [0.1, 0.15) is 0 Å². The number of unbranched alkanes of at least 4 members (excludes halogenated alkanes) is 8. The van der Waals surface area contributed by atoms with Crippen molar-refractivity contribution >= 4 is 5.97 Å². The Balaban J connectivity index is -0.000000371. The topological polar surface area (TPSA) is 89.3 Å². The molecule has 0 saturated heterocycles. The highest BCUT2D eigenvalue weighted by molar-refractivity contribution is 5.66. The van der Waals surface area contributed by atoms with Crippen LogP contribution in [0.5, 0.6) is 0 Å². The van der Waals surface area contributed by atoms with E-state index in [1.54, 1.807) is 0 Å². The third-order valence-electron chi connectivity index (χ3n) is 5.75. The van der Waals surface area contributed by atoms with Crippen molar-refractivity contribution < 1.29 is 9.90 Å². The van der Waals surface area contributed by atoms with Crippen molar-refractivity contribution in [2.24, 2.45) is 23.3 Å². The van der Waals surface area contributed by atoms with Crippen molar-refractivity contribution in [3.05, 3.63) is 0 Å². The van der Waals surface area contributed by atoms with Crippen LogP contribution in [0.3, 0.4) is 0 Å². The molecule has 0 aromatic heterocycles. The van der Waals surface area contributed by atoms with Crippen LogP contribution in [-0.2, 0) is 4.79 Å². The fourth-order valence-electron chi connectivity index (χ4n) is 3.20. The van der Waals surface area contributed by atoms with E-state index in [1.165, 1.54) is 83.5 Å². The van der Waals surface area contributed by atoms with Crippen molar-refractivity contribution in [1.82, 2.24) is 0 Å². The molecule has 4 heteroatoms. The van der Waals surface area contributed by atoms with Crippen LogP contribution >= 0.6 is 0 Å². The van der Waals surface area contributed by atoms with E-state index in [0.717, 1.165) is 37.8 Å². The minimum atomic E-state index is -0.663. The van der Waals surface area contributed by atoms with Gasteiger partial charge in [-0.15, -0.1) is 0 Å². The lowest BCUT2D eigenvalue weighted by Gasteiger charge is -2.09. The van der Waals surface area contributed by atoms with Crippen LogP contribution in [0.4, 0.5) is 0 Å². The lowest BCUT2D eigenvalue weighted by Crippen LogP contribution is -2.12. The lowest BCUT2D eigenvalue weighted by molar-refractivity contribution is -0.137. The van der Waals surface area contributed by atoms with E-state index >= 15 is 0 Å². The van der Waals surface area contributed by atoms with Crippen LogP contribution in [-0.4, -0.2) is 24.2 Å². The van der Waals surface area contributed by atoms with E-state index in [-0.39, 0.29) is 0 Å². The predicted molar refractivity (Wildman–Crippen MR) is 135 cm³/mol. The second-order valence-electron chi connectivity index (χ2n) is 8.57. The smallest absolute Gasteiger partial charge is 0.303 e. The summed E-state index contributed by atoms with van der Waals surface area (Å²) >= 11 is 0. The van der Waals surface area contributed by atoms with Crippen LogP contribution in [0.2, 0.25) is 0 Å². The van der Waals surface area contributed by atoms with Gasteiger partial charge in [0, 0.05) is 6.42 Å². The first-order valence-corrected chi connectivity index (χ1v) is 13.1. The number of carboxylic acid groups (broad SMARTS) is 1. The normalized spacial score (nSPS) is 12.2. The maximum absolute atomic E-state index is 10.1. The first kappa shape index (κ1) is 34.0. The van der Waals surface area contributed by atoms with E-state index in [4.69, 9.17) is 16.6 Å². The quantitative estimate of drug-likeness (QED) is 0.196. The fraction of sp³-hybridized carbons (Fsp3) is 0.962. The molecule has 0 amide bonds. The zero-order valence-electron chi connectivity index (χ0n) is 21.4. The Morgan fingerprint density at radius 3 is 1.30 bits per heavy atom. The number of nitrogens with two attached hydrogens (primary N) is 2. The molecule has 0 spiro atoms. The zero-order valence-corrected chi connectivity index (χ0v) is 21.4. The van der Waals surface area contributed by atoms with Gasteiger partial charge in [-0.05, 0) is 44.2 Å². The summed E-state index contributed by atoms with van der Waals surface area (Å²) in [6.45, 7) is 12.8. The predicted octanol–water partition coefficient (Wildman–Crippen LogP) is 7.53. The summed E-state index contributed by atoms with van der Waals surface area (Å²) < 4.78 is 0. The van der Waals surface area contributed by atoms with Crippen LogP contribution in [0.25, 0.3) is 0 Å². The molecule has 0 radical (unpaired) electrons. The van der Waals surface area contributed by atoms with E-state index in [9.17, 15) is 4.79 Å². The molecule has 184 valence electrons. The van der Waals surface area contributed by atoms with Crippen molar-refractivity contribution in [3.63, 3.8) is 0 Å². The molecule has 2 unspecified atom stereocenters. The summed E-state index contributed by atoms with van der Waals surface area (Å²) in [5, 5.41) is 8.35. The van der Waals surface area contributed by atoms with E-state index in [1.807, 2.05) is 0 Å². The first-order valence-electron chi connectivity index (χ1n) is 13.1. The van der Waals surface area contributed by atoms with Gasteiger partial charge in [-0.25, -0.2) is 0 Å². The Labute approximate surface area is 190 Å². The largest absolute Gasteiger partial charge is 0.481 e. The minimum absolute atomic E-state index is 0.341. The summed E-state index contributed by atoms with van der Waals surface area (Å²) in [4.78, 5) is 10.1. The maximum atomic E-state index is 10.1. The third kappa shape index (κ3) is 32.1. The minimum Gasteiger partial charge on any atom is -0.481 e. The molecule has 0 saturated carbocycles. The van der Waals surface area contributed by atoms with Gasteiger partial charge in [-0.3, -0.25) is 4.79 Å². The molecule has 0 fully saturated rings. The summed E-state index contributed by atoms with van der Waals surface area (Å²) in [7, 11) is 0. The monoisotopic (exact) mass is 430 g/mol. The summed E-state index contributed by atoms with van der Waals surface area (Å²) in [6, 6.07) is 0. The van der Waals surface area contributed by atoms with Gasteiger partial charge in [0.05, 0.1) is 0 Å². The van der Waals surface area contributed by atoms with Crippen molar-refractivity contribution in [1.29, 1.82) is 0 Å². The molecule has 0 heterocycles. The molecule has 5 N–H and O–H groups in total. The molecule has 4 nitrogen and oxygen atoms in total. The Kier molecular flexibility index (Phi) is 34.7. The Hall–Kier alpha value is -0.610. The second-order valence-corrected chi connectivity index (χ2v) is 8.57. The first-order chi connectivity index (χ1) is 14.5. The third-order valence-corrected chi connectivity index (χ3v) is 5.75. The standard InChI is InChI=1S/C10H20O2.2C8H19N/c1-2-3-4-5-6-7-8-9-10(11)12;2*1-3-5-6-8(4-2)7-9/h2-9H2,1H3,(H,11,12);2*8H,3-7,9H2,1-2H3. The van der Waals surface area contributed by atoms with Crippen molar-refractivity contribution in [2.75, 3.05) is 13.1 Å². The molecule has 0 aliphatic carbocycles. The highest BCUT2D eigenvalue weighted by atomic mass is 16.4. The number of hydrogen-bond donors (Lipinski definition) is 3. The summed E-state index contributed by atoms with van der Waals surface area (Å²) in [5.74, 6) is 0.901. The molecule has 0 rings (SSSR count). The molecule has 0 aliphatic rings. The SMILES string of the molecule is CCCCC(CC)CN.CCCCC(CC)CN.CCCCCCCCCC(=O)O. The van der Waals surface area contributed by atoms with Gasteiger partial charge < -0.3 is 16.6 Å². The van der Waals surface area contributed by atoms with Crippen LogP contribution < -0.4 is 11.5 Å². The Bertz CT molecular complexity index is 287. The molecule has 0 aliphatic heterocycles. The van der Waals surface area contributed by atoms with Crippen molar-refractivity contribution in [2.45, 2.75) is 137 Å². The molecular weight excluding hydrogens is 372 g/mol. The van der Waals surface area contributed by atoms with Crippen LogP contribution in [0.15, 0.2) is 0 Å². The van der Waals surface area contributed by atoms with Gasteiger partial charge >= 0.3 is 5.97 Å². The van der Waals surface area contributed by atoms with Gasteiger partial charge in [-0.1, -0.05) is 112 Å². The number of hydrogen-bond acceptors (Lipinski definition) is 3. The second kappa shape index (κ2) is 30.6. The number of carbonyl (C=O) groups is 1. The number of carboxylic acids is 1. The van der Waals surface area contributed by atoms with Gasteiger partial charge in [0.15, 0.2) is 0 Å². The van der Waals surface area contributed by atoms with E-state index in [2.05, 4.69) is 34.6 Å². The van der Waals surface area contributed by atoms with E-state index in [0.29, 0.717) is 6.42 Å². The Morgan fingerprint density at radius 1 is 0.633 bits per heavy atom. The molecule has 2 atom stereocenters. The fourth-order valence-corrected chi connectivity index (χ4v) is 3.20. The van der Waals surface area contributed by atoms with Gasteiger partial charge in [-0.2, -0.15) is 0 Å². The summed E-state index contributed by atoms with van der Waals surface area (Å²) in [5.41, 5.74) is 11.0. The number of aliphatic carboxylic acids is 1. The summed E-state index contributed by atoms with van der Waals surface area (Å²) in [6.07, 6.45) is 19.1. The molecule has 0 aromatic rings. The van der Waals surface area contributed by atoms with Crippen LogP contribution in [0.1, 0.15) is 137 Å². The Morgan fingerprint density at radius 2 is 1.00 bits per heavy atom. The molecule has 30 heavy (non-hydrogen) atoms. The molecule has 0 aromatic carbocycles. The lowest BCUT2D eigenvalue weighted by atomic mass is 10.00. The highest BCUT2D eigenvalue weighted by Gasteiger charge is 2.01. The van der Waals surface area contributed by atoms with Crippen LogP contribution in [0, 0.1) is 11.8 Å². The van der Waals surface area contributed by atoms with Crippen molar-refractivity contribution in [3.8, 4) is 0 Å². The number of rotatable bonds is 18. The molecule has 0 bridgehead atoms. The average Bonchev–Trinajstić information content (AvgIpc) is 2.75. The average molecular weight is 431 g/mol. The van der Waals surface area contributed by atoms with E-state index < -0.39 is 5.97 Å².